The molecule has 1 atom stereocenters. The van der Waals surface area contributed by atoms with E-state index in [4.69, 9.17) is 5.11 Å². The molecule has 0 radical (unpaired) electrons. The number of nitrogens with one attached hydrogen (secondary N) is 1. The lowest BCUT2D eigenvalue weighted by molar-refractivity contribution is -0.137. The van der Waals surface area contributed by atoms with Crippen molar-refractivity contribution in [1.82, 2.24) is 4.90 Å². The fourth-order valence-corrected chi connectivity index (χ4v) is 1.44. The third-order valence-electron chi connectivity index (χ3n) is 2.35. The number of urea groups is 1. The Balaban J connectivity index is 2.66. The van der Waals surface area contributed by atoms with Crippen molar-refractivity contribution < 1.29 is 23.1 Å². The molecule has 2 amide bonds. The number of aliphatic hydroxyl groups is 1. The number of aliphatic hydroxyl groups excluding tert-OH is 1. The summed E-state index contributed by atoms with van der Waals surface area (Å²) in [6.07, 6.45) is -5.07. The number of alkyl halides is 3. The summed E-state index contributed by atoms with van der Waals surface area (Å²) in [6, 6.07) is 3.64. The summed E-state index contributed by atoms with van der Waals surface area (Å²) < 4.78 is 37.0. The van der Waals surface area contributed by atoms with E-state index in [0.29, 0.717) is 0 Å². The normalized spacial score (nSPS) is 12.9. The number of anilines is 1. The van der Waals surface area contributed by atoms with E-state index < -0.39 is 23.9 Å². The average molecular weight is 276 g/mol. The molecule has 0 heterocycles. The van der Waals surface area contributed by atoms with Gasteiger partial charge in [-0.2, -0.15) is 13.2 Å². The van der Waals surface area contributed by atoms with Crippen LogP contribution in [0.5, 0.6) is 0 Å². The zero-order valence-electron chi connectivity index (χ0n) is 10.5. The number of halogens is 3. The van der Waals surface area contributed by atoms with Gasteiger partial charge in [-0.1, -0.05) is 0 Å². The van der Waals surface area contributed by atoms with Gasteiger partial charge in [-0.3, -0.25) is 0 Å². The van der Waals surface area contributed by atoms with E-state index in [0.717, 1.165) is 12.1 Å². The van der Waals surface area contributed by atoms with Crippen LogP contribution in [0.3, 0.4) is 0 Å². The van der Waals surface area contributed by atoms with Crippen LogP contribution in [-0.4, -0.2) is 35.7 Å². The fourth-order valence-electron chi connectivity index (χ4n) is 1.44. The SMILES string of the molecule is CC(O)CN(C)C(=O)Nc1ccc(C(F)(F)F)cc1. The van der Waals surface area contributed by atoms with Gasteiger partial charge < -0.3 is 15.3 Å². The first-order chi connectivity index (χ1) is 8.70. The number of benzene rings is 1. The molecular formula is C12H15F3N2O2. The summed E-state index contributed by atoms with van der Waals surface area (Å²) in [4.78, 5) is 12.8. The van der Waals surface area contributed by atoms with Gasteiger partial charge in [0.1, 0.15) is 0 Å². The molecule has 0 saturated heterocycles. The predicted octanol–water partition coefficient (Wildman–Crippen LogP) is 2.55. The molecule has 1 aromatic carbocycles. The van der Waals surface area contributed by atoms with E-state index in [9.17, 15) is 18.0 Å². The Morgan fingerprint density at radius 3 is 2.32 bits per heavy atom. The monoisotopic (exact) mass is 276 g/mol. The van der Waals surface area contributed by atoms with Crippen LogP contribution >= 0.6 is 0 Å². The van der Waals surface area contributed by atoms with Crippen molar-refractivity contribution in [2.75, 3.05) is 18.9 Å². The number of amides is 2. The Kier molecular flexibility index (Phi) is 4.77. The average Bonchev–Trinajstić information content (AvgIpc) is 2.27. The van der Waals surface area contributed by atoms with Gasteiger partial charge in [0.25, 0.3) is 0 Å². The summed E-state index contributed by atoms with van der Waals surface area (Å²) in [6.45, 7) is 1.66. The van der Waals surface area contributed by atoms with Crippen LogP contribution in [0.2, 0.25) is 0 Å². The zero-order chi connectivity index (χ0) is 14.6. The molecule has 0 saturated carbocycles. The standard InChI is InChI=1S/C12H15F3N2O2/c1-8(18)7-17(2)11(19)16-10-5-3-9(4-6-10)12(13,14)15/h3-6,8,18H,7H2,1-2H3,(H,16,19). The highest BCUT2D eigenvalue weighted by Gasteiger charge is 2.30. The van der Waals surface area contributed by atoms with Crippen LogP contribution in [0, 0.1) is 0 Å². The predicted molar refractivity (Wildman–Crippen MR) is 64.8 cm³/mol. The Morgan fingerprint density at radius 1 is 1.37 bits per heavy atom. The second kappa shape index (κ2) is 5.92. The Labute approximate surface area is 108 Å². The highest BCUT2D eigenvalue weighted by molar-refractivity contribution is 5.89. The Bertz CT molecular complexity index is 430. The lowest BCUT2D eigenvalue weighted by atomic mass is 10.2. The van der Waals surface area contributed by atoms with Crippen molar-refractivity contribution in [2.24, 2.45) is 0 Å². The second-order valence-corrected chi connectivity index (χ2v) is 4.23. The molecule has 0 aliphatic carbocycles. The van der Waals surface area contributed by atoms with Gasteiger partial charge in [0, 0.05) is 19.3 Å². The first-order valence-corrected chi connectivity index (χ1v) is 5.57. The van der Waals surface area contributed by atoms with Gasteiger partial charge in [0.2, 0.25) is 0 Å². The van der Waals surface area contributed by atoms with Crippen LogP contribution in [0.15, 0.2) is 24.3 Å². The van der Waals surface area contributed by atoms with Gasteiger partial charge in [-0.15, -0.1) is 0 Å². The maximum Gasteiger partial charge on any atom is 0.416 e. The number of carbonyl (C=O) groups excluding carboxylic acids is 1. The van der Waals surface area contributed by atoms with Gasteiger partial charge in [0.15, 0.2) is 0 Å². The van der Waals surface area contributed by atoms with Crippen LogP contribution in [0.25, 0.3) is 0 Å². The molecular weight excluding hydrogens is 261 g/mol. The molecule has 19 heavy (non-hydrogen) atoms. The first kappa shape index (κ1) is 15.3. The number of nitrogens with zero attached hydrogens (tertiary/aromatic N) is 1. The number of likely N-dealkylation sites (N-methyl/N-ethyl adjacent to an activating group) is 1. The van der Waals surface area contributed by atoms with E-state index in [1.807, 2.05) is 0 Å². The summed E-state index contributed by atoms with van der Waals surface area (Å²) in [5.74, 6) is 0. The highest BCUT2D eigenvalue weighted by atomic mass is 19.4. The maximum absolute atomic E-state index is 12.3. The molecule has 1 aromatic rings. The molecule has 0 aliphatic heterocycles. The molecule has 0 aromatic heterocycles. The lowest BCUT2D eigenvalue weighted by Gasteiger charge is -2.19. The van der Waals surface area contributed by atoms with Crippen molar-refractivity contribution in [3.05, 3.63) is 29.8 Å². The number of hydrogen-bond donors (Lipinski definition) is 2. The molecule has 2 N–H and O–H groups in total. The number of rotatable bonds is 3. The largest absolute Gasteiger partial charge is 0.416 e. The van der Waals surface area contributed by atoms with Gasteiger partial charge in [-0.05, 0) is 31.2 Å². The summed E-state index contributed by atoms with van der Waals surface area (Å²) in [5.41, 5.74) is -0.515. The van der Waals surface area contributed by atoms with Gasteiger partial charge >= 0.3 is 12.2 Å². The molecule has 4 nitrogen and oxygen atoms in total. The molecule has 106 valence electrons. The number of carbonyl (C=O) groups is 1. The molecule has 0 spiro atoms. The molecule has 0 aliphatic rings. The molecule has 0 bridgehead atoms. The van der Waals surface area contributed by atoms with Crippen molar-refractivity contribution in [2.45, 2.75) is 19.2 Å². The second-order valence-electron chi connectivity index (χ2n) is 4.23. The van der Waals surface area contributed by atoms with E-state index in [-0.39, 0.29) is 12.2 Å². The summed E-state index contributed by atoms with van der Waals surface area (Å²) in [5, 5.41) is 11.6. The van der Waals surface area contributed by atoms with E-state index in [2.05, 4.69) is 5.32 Å². The Morgan fingerprint density at radius 2 is 1.89 bits per heavy atom. The van der Waals surface area contributed by atoms with Crippen LogP contribution in [0.1, 0.15) is 12.5 Å². The highest BCUT2D eigenvalue weighted by Crippen LogP contribution is 2.29. The Hall–Kier alpha value is -1.76. The smallest absolute Gasteiger partial charge is 0.392 e. The van der Waals surface area contributed by atoms with Crippen molar-refractivity contribution in [1.29, 1.82) is 0 Å². The molecule has 1 unspecified atom stereocenters. The fraction of sp³-hybridized carbons (Fsp3) is 0.417. The third-order valence-corrected chi connectivity index (χ3v) is 2.35. The van der Waals surface area contributed by atoms with E-state index in [1.165, 1.54) is 31.0 Å². The first-order valence-electron chi connectivity index (χ1n) is 5.57. The molecule has 1 rings (SSSR count). The minimum absolute atomic E-state index is 0.131. The lowest BCUT2D eigenvalue weighted by Crippen LogP contribution is -2.36. The van der Waals surface area contributed by atoms with Crippen molar-refractivity contribution in [3.8, 4) is 0 Å². The third kappa shape index (κ3) is 4.78. The van der Waals surface area contributed by atoms with E-state index >= 15 is 0 Å². The number of hydrogen-bond acceptors (Lipinski definition) is 2. The van der Waals surface area contributed by atoms with Crippen molar-refractivity contribution in [3.63, 3.8) is 0 Å². The minimum atomic E-state index is -4.40. The van der Waals surface area contributed by atoms with E-state index in [1.54, 1.807) is 0 Å². The maximum atomic E-state index is 12.3. The summed E-state index contributed by atoms with van der Waals surface area (Å²) in [7, 11) is 1.48. The topological polar surface area (TPSA) is 52.6 Å². The quantitative estimate of drug-likeness (QED) is 0.891. The molecule has 7 heteroatoms. The zero-order valence-corrected chi connectivity index (χ0v) is 10.5. The van der Waals surface area contributed by atoms with Crippen LogP contribution in [0.4, 0.5) is 23.7 Å². The molecule has 0 fully saturated rings. The minimum Gasteiger partial charge on any atom is -0.392 e. The van der Waals surface area contributed by atoms with Crippen molar-refractivity contribution >= 4 is 11.7 Å². The van der Waals surface area contributed by atoms with Crippen LogP contribution < -0.4 is 5.32 Å². The summed E-state index contributed by atoms with van der Waals surface area (Å²) >= 11 is 0. The van der Waals surface area contributed by atoms with Gasteiger partial charge in [-0.25, -0.2) is 4.79 Å². The van der Waals surface area contributed by atoms with Crippen LogP contribution in [-0.2, 0) is 6.18 Å². The van der Waals surface area contributed by atoms with Gasteiger partial charge in [0.05, 0.1) is 11.7 Å².